The van der Waals surface area contributed by atoms with Crippen molar-refractivity contribution < 1.29 is 14.6 Å². The summed E-state index contributed by atoms with van der Waals surface area (Å²) in [6.45, 7) is 6.99. The van der Waals surface area contributed by atoms with Crippen LogP contribution in [0.25, 0.3) is 10.9 Å². The molecule has 2 aromatic rings. The van der Waals surface area contributed by atoms with Crippen LogP contribution in [0.2, 0.25) is 0 Å². The van der Waals surface area contributed by atoms with E-state index in [1.807, 2.05) is 45.0 Å². The van der Waals surface area contributed by atoms with Gasteiger partial charge in [0.1, 0.15) is 5.56 Å². The van der Waals surface area contributed by atoms with Crippen LogP contribution in [0.5, 0.6) is 0 Å². The molecule has 112 valence electrons. The predicted molar refractivity (Wildman–Crippen MR) is 82.9 cm³/mol. The van der Waals surface area contributed by atoms with E-state index in [0.29, 0.717) is 18.8 Å². The maximum atomic E-state index is 11.4. The van der Waals surface area contributed by atoms with Gasteiger partial charge in [-0.1, -0.05) is 18.2 Å². The predicted octanol–water partition coefficient (Wildman–Crippen LogP) is 3.16. The molecule has 1 aromatic heterocycles. The van der Waals surface area contributed by atoms with Crippen LogP contribution in [0.3, 0.4) is 0 Å². The van der Waals surface area contributed by atoms with Crippen molar-refractivity contribution in [2.24, 2.45) is 0 Å². The summed E-state index contributed by atoms with van der Waals surface area (Å²) in [6, 6.07) is 7.48. The second-order valence-corrected chi connectivity index (χ2v) is 5.42. The molecule has 0 fully saturated rings. The maximum Gasteiger partial charge on any atom is 0.339 e. The lowest BCUT2D eigenvalue weighted by atomic mass is 10.1. The summed E-state index contributed by atoms with van der Waals surface area (Å²) in [5.74, 6) is -0.995. The van der Waals surface area contributed by atoms with Crippen molar-refractivity contribution in [3.05, 3.63) is 36.0 Å². The fourth-order valence-corrected chi connectivity index (χ4v) is 2.24. The minimum atomic E-state index is -0.995. The monoisotopic (exact) mass is 288 g/mol. The molecule has 0 aliphatic carbocycles. The van der Waals surface area contributed by atoms with Crippen LogP contribution in [-0.4, -0.2) is 34.8 Å². The molecule has 0 saturated heterocycles. The van der Waals surface area contributed by atoms with Crippen LogP contribution in [0.1, 0.15) is 31.1 Å². The van der Waals surface area contributed by atoms with Crippen LogP contribution < -0.4 is 5.32 Å². The number of carbonyl (C=O) groups is 1. The van der Waals surface area contributed by atoms with Crippen LogP contribution >= 0.6 is 0 Å². The summed E-state index contributed by atoms with van der Waals surface area (Å²) in [6.07, 6.45) is 1.39. The van der Waals surface area contributed by atoms with E-state index in [4.69, 9.17) is 4.74 Å². The van der Waals surface area contributed by atoms with E-state index in [0.717, 1.165) is 10.9 Å². The molecule has 0 bridgehead atoms. The lowest BCUT2D eigenvalue weighted by Gasteiger charge is -2.26. The molecule has 2 rings (SSSR count). The van der Waals surface area contributed by atoms with Gasteiger partial charge in [-0.2, -0.15) is 0 Å². The van der Waals surface area contributed by atoms with Crippen molar-refractivity contribution in [3.8, 4) is 0 Å². The van der Waals surface area contributed by atoms with Gasteiger partial charge in [-0.3, -0.25) is 4.98 Å². The van der Waals surface area contributed by atoms with Gasteiger partial charge in [0, 0.05) is 24.7 Å². The number of nitrogens with zero attached hydrogens (tertiary/aromatic N) is 1. The zero-order chi connectivity index (χ0) is 15.5. The molecule has 21 heavy (non-hydrogen) atoms. The van der Waals surface area contributed by atoms with E-state index in [1.54, 1.807) is 0 Å². The summed E-state index contributed by atoms with van der Waals surface area (Å²) in [4.78, 5) is 15.6. The van der Waals surface area contributed by atoms with E-state index >= 15 is 0 Å². The number of ether oxygens (including phenoxy) is 1. The SMILES string of the molecule is CCOC(C)(C)CNc1c(C(=O)O)cnc2ccccc12. The fourth-order valence-electron chi connectivity index (χ4n) is 2.24. The highest BCUT2D eigenvalue weighted by Gasteiger charge is 2.20. The highest BCUT2D eigenvalue weighted by Crippen LogP contribution is 2.26. The number of hydrogen-bond acceptors (Lipinski definition) is 4. The fraction of sp³-hybridized carbons (Fsp3) is 0.375. The topological polar surface area (TPSA) is 71.5 Å². The Hall–Kier alpha value is -2.14. The van der Waals surface area contributed by atoms with Crippen molar-refractivity contribution in [1.29, 1.82) is 0 Å². The number of aromatic nitrogens is 1. The first kappa shape index (κ1) is 15.3. The molecular formula is C16H20N2O3. The summed E-state index contributed by atoms with van der Waals surface area (Å²) < 4.78 is 5.64. The van der Waals surface area contributed by atoms with Crippen LogP contribution in [0.15, 0.2) is 30.5 Å². The molecule has 5 nitrogen and oxygen atoms in total. The Kier molecular flexibility index (Phi) is 4.43. The van der Waals surface area contributed by atoms with E-state index in [-0.39, 0.29) is 11.2 Å². The van der Waals surface area contributed by atoms with Crippen LogP contribution in [0.4, 0.5) is 5.69 Å². The summed E-state index contributed by atoms with van der Waals surface area (Å²) in [5, 5.41) is 13.4. The van der Waals surface area contributed by atoms with Gasteiger partial charge in [0.05, 0.1) is 16.8 Å². The highest BCUT2D eigenvalue weighted by molar-refractivity contribution is 6.04. The third-order valence-corrected chi connectivity index (χ3v) is 3.23. The Bertz CT molecular complexity index is 653. The summed E-state index contributed by atoms with van der Waals surface area (Å²) in [7, 11) is 0. The first-order chi connectivity index (χ1) is 9.94. The molecule has 0 atom stereocenters. The van der Waals surface area contributed by atoms with Gasteiger partial charge >= 0.3 is 5.97 Å². The Balaban J connectivity index is 2.40. The Morgan fingerprint density at radius 3 is 2.76 bits per heavy atom. The molecule has 5 heteroatoms. The molecule has 0 saturated carbocycles. The summed E-state index contributed by atoms with van der Waals surface area (Å²) in [5.41, 5.74) is 1.13. The minimum Gasteiger partial charge on any atom is -0.478 e. The van der Waals surface area contributed by atoms with E-state index in [2.05, 4.69) is 10.3 Å². The van der Waals surface area contributed by atoms with Crippen LogP contribution in [0, 0.1) is 0 Å². The van der Waals surface area contributed by atoms with Crippen molar-refractivity contribution in [3.63, 3.8) is 0 Å². The van der Waals surface area contributed by atoms with Crippen molar-refractivity contribution >= 4 is 22.6 Å². The molecule has 0 aliphatic heterocycles. The van der Waals surface area contributed by atoms with Gasteiger partial charge in [-0.15, -0.1) is 0 Å². The Labute approximate surface area is 124 Å². The Morgan fingerprint density at radius 1 is 1.38 bits per heavy atom. The number of hydrogen-bond donors (Lipinski definition) is 2. The largest absolute Gasteiger partial charge is 0.478 e. The van der Waals surface area contributed by atoms with Gasteiger partial charge < -0.3 is 15.2 Å². The number of para-hydroxylation sites is 1. The average molecular weight is 288 g/mol. The Morgan fingerprint density at radius 2 is 2.10 bits per heavy atom. The van der Waals surface area contributed by atoms with Gasteiger partial charge in [-0.25, -0.2) is 4.79 Å². The number of benzene rings is 1. The second-order valence-electron chi connectivity index (χ2n) is 5.42. The van der Waals surface area contributed by atoms with Gasteiger partial charge in [-0.05, 0) is 26.8 Å². The van der Waals surface area contributed by atoms with E-state index < -0.39 is 5.97 Å². The number of fused-ring (bicyclic) bond motifs is 1. The zero-order valence-electron chi connectivity index (χ0n) is 12.5. The minimum absolute atomic E-state index is 0.168. The molecule has 1 heterocycles. The zero-order valence-corrected chi connectivity index (χ0v) is 12.5. The first-order valence-electron chi connectivity index (χ1n) is 6.93. The van der Waals surface area contributed by atoms with Gasteiger partial charge in [0.25, 0.3) is 0 Å². The molecule has 0 radical (unpaired) electrons. The third-order valence-electron chi connectivity index (χ3n) is 3.23. The van der Waals surface area contributed by atoms with Crippen molar-refractivity contribution in [1.82, 2.24) is 4.98 Å². The number of carboxylic acid groups (broad SMARTS) is 1. The van der Waals surface area contributed by atoms with E-state index in [1.165, 1.54) is 6.20 Å². The number of aromatic carboxylic acids is 1. The third kappa shape index (κ3) is 3.49. The smallest absolute Gasteiger partial charge is 0.339 e. The molecule has 0 unspecified atom stereocenters. The molecule has 0 aliphatic rings. The maximum absolute atomic E-state index is 11.4. The number of carboxylic acids is 1. The van der Waals surface area contributed by atoms with E-state index in [9.17, 15) is 9.90 Å². The standard InChI is InChI=1S/C16H20N2O3/c1-4-21-16(2,3)10-18-14-11-7-5-6-8-13(11)17-9-12(14)15(19)20/h5-9H,4,10H2,1-3H3,(H,17,18)(H,19,20). The molecule has 0 amide bonds. The average Bonchev–Trinajstić information content (AvgIpc) is 2.44. The van der Waals surface area contributed by atoms with Crippen molar-refractivity contribution in [2.75, 3.05) is 18.5 Å². The number of pyridine rings is 1. The lowest BCUT2D eigenvalue weighted by Crippen LogP contribution is -2.33. The molecule has 1 aromatic carbocycles. The van der Waals surface area contributed by atoms with Gasteiger partial charge in [0.2, 0.25) is 0 Å². The highest BCUT2D eigenvalue weighted by atomic mass is 16.5. The molecular weight excluding hydrogens is 268 g/mol. The molecule has 2 N–H and O–H groups in total. The van der Waals surface area contributed by atoms with Crippen molar-refractivity contribution in [2.45, 2.75) is 26.4 Å². The second kappa shape index (κ2) is 6.10. The quantitative estimate of drug-likeness (QED) is 0.854. The number of rotatable bonds is 6. The summed E-state index contributed by atoms with van der Waals surface area (Å²) >= 11 is 0. The number of nitrogens with one attached hydrogen (secondary N) is 1. The van der Waals surface area contributed by atoms with Crippen LogP contribution in [-0.2, 0) is 4.74 Å². The van der Waals surface area contributed by atoms with Gasteiger partial charge in [0.15, 0.2) is 0 Å². The normalized spacial score (nSPS) is 11.6. The first-order valence-corrected chi connectivity index (χ1v) is 6.93. The number of anilines is 1. The molecule has 0 spiro atoms. The lowest BCUT2D eigenvalue weighted by molar-refractivity contribution is 0.000678.